The molecule has 0 radical (unpaired) electrons. The smallest absolute Gasteiger partial charge is 0.408 e. The first-order valence-corrected chi connectivity index (χ1v) is 39.2. The molecule has 42 heteroatoms. The number of anilines is 4. The zero-order valence-corrected chi connectivity index (χ0v) is 76.6. The molecule has 0 unspecified atom stereocenters. The number of nitro groups is 1. The maximum absolute atomic E-state index is 12.5. The van der Waals surface area contributed by atoms with Crippen LogP contribution in [0.4, 0.5) is 56.8 Å². The Morgan fingerprint density at radius 3 is 1.26 bits per heavy atom. The number of fused-ring (bicyclic) bond motifs is 2. The van der Waals surface area contributed by atoms with Gasteiger partial charge >= 0.3 is 54.1 Å². The van der Waals surface area contributed by atoms with Crippen molar-refractivity contribution in [1.29, 1.82) is 0 Å². The van der Waals surface area contributed by atoms with E-state index < -0.39 is 124 Å². The summed E-state index contributed by atoms with van der Waals surface area (Å²) in [6.45, 7) is 30.2. The number of rotatable bonds is 17. The monoisotopic (exact) mass is 1990 g/mol. The third-order valence-electron chi connectivity index (χ3n) is 13.1. The van der Waals surface area contributed by atoms with E-state index in [-0.39, 0.29) is 61.2 Å². The molecule has 0 saturated heterocycles. The fraction of sp³-hybridized carbons (Fsp3) is 0.474. The molecule has 656 valence electrons. The molecule has 36 nitrogen and oxygen atoms in total. The lowest BCUT2D eigenvalue weighted by molar-refractivity contribution is -0.386. The summed E-state index contributed by atoms with van der Waals surface area (Å²) >= 11 is 16.2. The molecule has 0 aromatic heterocycles. The van der Waals surface area contributed by atoms with Crippen LogP contribution in [0.5, 0.6) is 23.0 Å². The van der Waals surface area contributed by atoms with E-state index in [4.69, 9.17) is 79.3 Å². The number of hydrogen-bond acceptors (Lipinski definition) is 25. The molecule has 0 aliphatic carbocycles. The zero-order valence-electron chi connectivity index (χ0n) is 68.7. The third-order valence-corrected chi connectivity index (χ3v) is 15.6. The van der Waals surface area contributed by atoms with Gasteiger partial charge in [-0.3, -0.25) is 19.7 Å². The van der Waals surface area contributed by atoms with E-state index in [2.05, 4.69) is 112 Å². The number of aliphatic carboxylic acids is 3. The van der Waals surface area contributed by atoms with Crippen LogP contribution in [0.1, 0.15) is 125 Å². The number of amides is 7. The van der Waals surface area contributed by atoms with Gasteiger partial charge in [-0.15, -0.1) is 0 Å². The van der Waals surface area contributed by atoms with E-state index in [1.807, 2.05) is 12.1 Å². The molecule has 14 N–H and O–H groups in total. The number of carbonyl (C=O) groups is 10. The molecule has 2 heterocycles. The predicted molar refractivity (Wildman–Crippen MR) is 453 cm³/mol. The van der Waals surface area contributed by atoms with Crippen LogP contribution in [0, 0.1) is 15.9 Å². The maximum Gasteiger partial charge on any atom is 0.408 e. The molecule has 7 amide bonds. The molecule has 2 aliphatic heterocycles. The Morgan fingerprint density at radius 1 is 0.508 bits per heavy atom. The molecule has 5 aromatic carbocycles. The Hall–Kier alpha value is -9.75. The number of likely N-dealkylation sites (N-methyl/N-ethyl adjacent to an activating group) is 1. The molecule has 0 bridgehead atoms. The van der Waals surface area contributed by atoms with Crippen molar-refractivity contribution >= 4 is 168 Å². The summed E-state index contributed by atoms with van der Waals surface area (Å²) in [6.07, 6.45) is -3.82. The van der Waals surface area contributed by atoms with Crippen molar-refractivity contribution in [2.45, 2.75) is 188 Å². The Bertz CT molecular complexity index is 4240. The number of aliphatic hydroxyl groups excluding tert-OH is 1. The predicted octanol–water partition coefficient (Wildman–Crippen LogP) is 14.0. The van der Waals surface area contributed by atoms with Crippen molar-refractivity contribution in [3.05, 3.63) is 129 Å². The second-order valence-corrected chi connectivity index (χ2v) is 35.1. The largest absolute Gasteiger partial charge is 0.489 e. The number of carbonyl (C=O) groups excluding carboxylic acids is 7. The number of nitro benzene ring substituents is 1. The lowest BCUT2D eigenvalue weighted by Gasteiger charge is -2.25. The van der Waals surface area contributed by atoms with Crippen LogP contribution in [0.2, 0.25) is 0 Å². The van der Waals surface area contributed by atoms with Crippen molar-refractivity contribution < 1.29 is 125 Å². The van der Waals surface area contributed by atoms with Gasteiger partial charge in [0.1, 0.15) is 89.6 Å². The number of aliphatic hydroxyl groups is 1. The van der Waals surface area contributed by atoms with Gasteiger partial charge < -0.3 is 116 Å². The highest BCUT2D eigenvalue weighted by atomic mass is 79.9. The zero-order chi connectivity index (χ0) is 90.9. The molecule has 5 atom stereocenters. The fourth-order valence-electron chi connectivity index (χ4n) is 8.25. The molecule has 5 aromatic rings. The Kier molecular flexibility index (Phi) is 43.5. The van der Waals surface area contributed by atoms with Crippen molar-refractivity contribution in [2.75, 3.05) is 68.9 Å². The van der Waals surface area contributed by atoms with Crippen molar-refractivity contribution in [1.82, 2.24) is 26.6 Å². The van der Waals surface area contributed by atoms with Gasteiger partial charge in [0.15, 0.2) is 23.9 Å². The summed E-state index contributed by atoms with van der Waals surface area (Å²) in [5, 5.41) is 59.6. The van der Waals surface area contributed by atoms with Crippen LogP contribution >= 0.6 is 79.6 Å². The van der Waals surface area contributed by atoms with Gasteiger partial charge in [0.2, 0.25) is 0 Å². The molecular weight excluding hydrogens is 1890 g/mol. The Morgan fingerprint density at radius 2 is 0.856 bits per heavy atom. The van der Waals surface area contributed by atoms with E-state index in [1.165, 1.54) is 35.2 Å². The minimum absolute atomic E-state index is 0.0414. The fourth-order valence-corrected chi connectivity index (χ4v) is 10.1. The number of halogens is 6. The lowest BCUT2D eigenvalue weighted by Crippen LogP contribution is -2.50. The number of nitrogens with two attached hydrogens (primary N) is 2. The van der Waals surface area contributed by atoms with Gasteiger partial charge in [-0.1, -0.05) is 79.6 Å². The summed E-state index contributed by atoms with van der Waals surface area (Å²) in [7, 11) is 2.64. The molecule has 7 rings (SSSR count). The number of nitrogens with zero attached hydrogens (tertiary/aromatic N) is 2. The summed E-state index contributed by atoms with van der Waals surface area (Å²) < 4.78 is 68.4. The highest BCUT2D eigenvalue weighted by Crippen LogP contribution is 2.35. The minimum atomic E-state index is -1.43. The van der Waals surface area contributed by atoms with Gasteiger partial charge in [-0.25, -0.2) is 42.7 Å². The first kappa shape index (κ1) is 106. The van der Waals surface area contributed by atoms with Crippen molar-refractivity contribution in [3.63, 3.8) is 0 Å². The quantitative estimate of drug-likeness (QED) is 0.0178. The van der Waals surface area contributed by atoms with Crippen molar-refractivity contribution in [3.8, 4) is 23.0 Å². The maximum atomic E-state index is 12.5. The molecule has 118 heavy (non-hydrogen) atoms. The second kappa shape index (κ2) is 48.3. The van der Waals surface area contributed by atoms with Gasteiger partial charge in [0, 0.05) is 42.6 Å². The molecule has 0 fully saturated rings. The number of carboxylic acids is 3. The highest BCUT2D eigenvalue weighted by Gasteiger charge is 2.35. The molecular formula is C76H104Br5FN10O26. The number of alkyl carbamates (subject to hydrolysis) is 5. The second-order valence-electron chi connectivity index (χ2n) is 30.5. The van der Waals surface area contributed by atoms with Gasteiger partial charge in [-0.2, -0.15) is 0 Å². The number of nitrogens with one attached hydrogen (secondary N) is 6. The number of carboxylic acid groups (broad SMARTS) is 3. The summed E-state index contributed by atoms with van der Waals surface area (Å²) in [6, 6.07) is 18.7. The van der Waals surface area contributed by atoms with Crippen LogP contribution in [0.15, 0.2) is 113 Å². The van der Waals surface area contributed by atoms with Crippen molar-refractivity contribution in [2.24, 2.45) is 0 Å². The summed E-state index contributed by atoms with van der Waals surface area (Å²) in [5.74, 6) is -3.38. The van der Waals surface area contributed by atoms with Gasteiger partial charge in [-0.05, 0) is 210 Å². The molecule has 0 spiro atoms. The van der Waals surface area contributed by atoms with Crippen LogP contribution in [0.25, 0.3) is 0 Å². The number of nitrogen functional groups attached to an aromatic ring is 2. The topological polar surface area (TPSA) is 515 Å². The average molecular weight is 1990 g/mol. The Labute approximate surface area is 724 Å². The summed E-state index contributed by atoms with van der Waals surface area (Å²) in [4.78, 5) is 128. The van der Waals surface area contributed by atoms with E-state index in [0.717, 1.165) is 25.0 Å². The molecule has 2 aliphatic rings. The van der Waals surface area contributed by atoms with E-state index in [0.29, 0.717) is 38.8 Å². The third kappa shape index (κ3) is 44.7. The number of benzene rings is 5. The van der Waals surface area contributed by atoms with Crippen LogP contribution in [-0.2, 0) is 52.4 Å². The first-order chi connectivity index (χ1) is 54.1. The highest BCUT2D eigenvalue weighted by molar-refractivity contribution is 9.11. The number of ether oxygens (including phenoxy) is 10. The van der Waals surface area contributed by atoms with Crippen LogP contribution in [-0.4, -0.2) is 197 Å². The SMILES string of the molecule is CC(C)(C)OC(=O)N[C@@H](COc1ccc(Br)cc1N)C(=O)O.CC(C)(C)OC(=O)N[C@@H](COc1ccc(Br)cc1[N+](=O)[O-])C(=O)O.CC(C)(C)OC(=O)N[C@H]1COc2ccc(Br)cc2NC1=O.CC(C)(C)OC[C@H](NC(=O)OC(C)(C)C)C(=O)O.CN1C(=O)[C@@H](NC(=O)OC(C)(C)C)COc2ccc(Br)cc21.CO.Nc1cc(Br)ccc1F. The number of hydrogen-bond donors (Lipinski definition) is 12. The van der Waals surface area contributed by atoms with Gasteiger partial charge in [0.25, 0.3) is 11.8 Å². The van der Waals surface area contributed by atoms with E-state index >= 15 is 0 Å². The molecule has 0 saturated carbocycles. The van der Waals surface area contributed by atoms with Gasteiger partial charge in [0.05, 0.1) is 39.9 Å². The average Bonchev–Trinajstić information content (AvgIpc) is 1.65. The lowest BCUT2D eigenvalue weighted by atomic mass is 10.2. The standard InChI is InChI=1S/C15H19BrN2O4.C14H17BrN2O7.C14H19BrN2O5.C14H17BrN2O4.C12H23NO5.C6H5BrFN.CH4O/c1-15(2,3)22-14(20)17-10-8-21-12-6-5-9(16)7-11(12)18(4)13(10)19;1-14(2,3)24-13(20)16-9(12(18)19)7-23-11-5-4-8(15)6-10(11)17(21)22;1-14(2,3)22-13(20)17-10(12(18)19)7-21-11-5-4-8(15)6-9(11)16;1-14(2,3)21-13(19)17-10-7-20-11-5-4-8(15)6-9(11)16-12(10)18;1-11(2,3)17-7-8(9(14)15)13-10(16)18-12(4,5)6;7-4-1-2-5(8)6(9)3-4;1-2/h5-7,10H,8H2,1-4H3,(H,17,20);4-6,9H,7H2,1-3H3,(H,16,20)(H,18,19);4-6,10H,7,16H2,1-3H3,(H,17,20)(H,18,19);4-6,10H,7H2,1-3H3,(H,16,18)(H,17,19);8H,7H2,1-6H3,(H,13,16)(H,14,15);1-3H,9H2;2H,1H3/t10-;9-;2*10-;8-;;/m00000../s1. The van der Waals surface area contributed by atoms with E-state index in [9.17, 15) is 62.5 Å². The minimum Gasteiger partial charge on any atom is -0.489 e. The van der Waals surface area contributed by atoms with E-state index in [1.54, 1.807) is 180 Å². The Balaban J connectivity index is 0.000000715. The summed E-state index contributed by atoms with van der Waals surface area (Å²) in [5.41, 5.74) is 8.47. The van der Waals surface area contributed by atoms with Crippen LogP contribution in [0.3, 0.4) is 0 Å². The van der Waals surface area contributed by atoms with Crippen LogP contribution < -0.4 is 67.2 Å². The normalized spacial score (nSPS) is 14.2. The first-order valence-electron chi connectivity index (χ1n) is 35.2.